The van der Waals surface area contributed by atoms with Gasteiger partial charge < -0.3 is 4.90 Å². The van der Waals surface area contributed by atoms with E-state index in [-0.39, 0.29) is 10.8 Å². The molecule has 0 unspecified atom stereocenters. The molecule has 252 valence electrons. The molecule has 53 heavy (non-hydrogen) atoms. The summed E-state index contributed by atoms with van der Waals surface area (Å²) in [5.41, 5.74) is 14.3. The molecule has 0 spiro atoms. The first-order chi connectivity index (χ1) is 25.8. The molecule has 2 aliphatic carbocycles. The van der Waals surface area contributed by atoms with Gasteiger partial charge in [0.25, 0.3) is 0 Å². The Labute approximate surface area is 310 Å². The minimum Gasteiger partial charge on any atom is -0.309 e. The molecule has 0 radical (unpaired) electrons. The fraction of sp³-hybridized carbons (Fsp3) is 0.115. The zero-order valence-corrected chi connectivity index (χ0v) is 30.5. The van der Waals surface area contributed by atoms with E-state index < -0.39 is 0 Å². The third-order valence-corrected chi connectivity index (χ3v) is 12.5. The van der Waals surface area contributed by atoms with Crippen LogP contribution in [0.3, 0.4) is 0 Å². The fourth-order valence-electron chi connectivity index (χ4n) is 10.1. The number of rotatable bonds is 3. The first kappa shape index (κ1) is 30.4. The molecule has 0 fully saturated rings. The second-order valence-electron chi connectivity index (χ2n) is 16.1. The Kier molecular flexibility index (Phi) is 6.14. The van der Waals surface area contributed by atoms with Gasteiger partial charge in [-0.25, -0.2) is 0 Å². The molecule has 0 heterocycles. The van der Waals surface area contributed by atoms with E-state index in [2.05, 4.69) is 196 Å². The summed E-state index contributed by atoms with van der Waals surface area (Å²) in [6.07, 6.45) is 0. The van der Waals surface area contributed by atoms with Crippen LogP contribution in [0.4, 0.5) is 17.1 Å². The Hall–Kier alpha value is -6.18. The van der Waals surface area contributed by atoms with E-state index in [0.29, 0.717) is 0 Å². The Morgan fingerprint density at radius 1 is 0.358 bits per heavy atom. The quantitative estimate of drug-likeness (QED) is 0.180. The molecule has 0 saturated carbocycles. The average molecular weight is 678 g/mol. The van der Waals surface area contributed by atoms with Crippen molar-refractivity contribution in [2.24, 2.45) is 0 Å². The maximum absolute atomic E-state index is 2.53. The summed E-state index contributed by atoms with van der Waals surface area (Å²) in [7, 11) is 0. The molecule has 0 atom stereocenters. The molecule has 9 aromatic rings. The van der Waals surface area contributed by atoms with Gasteiger partial charge in [0, 0.05) is 33.2 Å². The summed E-state index contributed by atoms with van der Waals surface area (Å²) in [4.78, 5) is 2.53. The number of anilines is 3. The van der Waals surface area contributed by atoms with Gasteiger partial charge in [-0.1, -0.05) is 149 Å². The topological polar surface area (TPSA) is 3.24 Å². The first-order valence-electron chi connectivity index (χ1n) is 18.9. The van der Waals surface area contributed by atoms with Gasteiger partial charge in [0.1, 0.15) is 0 Å². The van der Waals surface area contributed by atoms with Crippen LogP contribution in [0.25, 0.3) is 65.3 Å². The van der Waals surface area contributed by atoms with Crippen LogP contribution in [0.2, 0.25) is 0 Å². The lowest BCUT2D eigenvalue weighted by Gasteiger charge is -2.31. The SMILES string of the molecule is CC1(C)c2cc3cc(N(c4ccccc4)c4c5c(cc6ccccc46)C(C)(C)c4c-5ccc5ccccc45)ccc3cc2-c2ccc3ccccc3c21. The Bertz CT molecular complexity index is 3000. The number of benzene rings is 9. The summed E-state index contributed by atoms with van der Waals surface area (Å²) in [6, 6.07) is 61.4. The summed E-state index contributed by atoms with van der Waals surface area (Å²) in [5, 5.41) is 10.3. The standard InChI is InChI=1S/C52H39N/c1-51(2)45-31-36-28-38(25-22-34(36)29-44(45)42-26-23-32-14-8-11-19-39(32)48(42)51)53(37-17-6-5-7-18-37)50-41-21-13-10-16-35(41)30-46-47(50)43-27-24-33-15-9-12-20-40(33)49(43)52(46,3)4/h5-31H,1-4H3. The zero-order chi connectivity index (χ0) is 35.6. The van der Waals surface area contributed by atoms with Crippen LogP contribution in [-0.2, 0) is 10.8 Å². The summed E-state index contributed by atoms with van der Waals surface area (Å²) < 4.78 is 0. The number of nitrogens with zero attached hydrogens (tertiary/aromatic N) is 1. The average Bonchev–Trinajstić information content (AvgIpc) is 3.56. The van der Waals surface area contributed by atoms with E-state index in [1.54, 1.807) is 0 Å². The summed E-state index contributed by atoms with van der Waals surface area (Å²) in [6.45, 7) is 9.63. The van der Waals surface area contributed by atoms with E-state index >= 15 is 0 Å². The molecule has 0 aromatic heterocycles. The van der Waals surface area contributed by atoms with Crippen LogP contribution < -0.4 is 4.90 Å². The summed E-state index contributed by atoms with van der Waals surface area (Å²) >= 11 is 0. The lowest BCUT2D eigenvalue weighted by molar-refractivity contribution is 0.667. The van der Waals surface area contributed by atoms with Crippen LogP contribution in [-0.4, -0.2) is 0 Å². The van der Waals surface area contributed by atoms with Gasteiger partial charge in [0.05, 0.1) is 5.69 Å². The van der Waals surface area contributed by atoms with Crippen molar-refractivity contribution in [1.82, 2.24) is 0 Å². The van der Waals surface area contributed by atoms with Crippen molar-refractivity contribution >= 4 is 60.2 Å². The van der Waals surface area contributed by atoms with Gasteiger partial charge in [-0.3, -0.25) is 0 Å². The molecule has 1 heteroatoms. The zero-order valence-electron chi connectivity index (χ0n) is 30.5. The van der Waals surface area contributed by atoms with Crippen LogP contribution in [0.1, 0.15) is 49.9 Å². The largest absolute Gasteiger partial charge is 0.309 e. The van der Waals surface area contributed by atoms with E-state index in [0.717, 1.165) is 11.4 Å². The Morgan fingerprint density at radius 3 is 1.62 bits per heavy atom. The van der Waals surface area contributed by atoms with Crippen molar-refractivity contribution in [1.29, 1.82) is 0 Å². The predicted molar refractivity (Wildman–Crippen MR) is 226 cm³/mol. The maximum Gasteiger partial charge on any atom is 0.0621 e. The lowest BCUT2D eigenvalue weighted by Crippen LogP contribution is -2.17. The van der Waals surface area contributed by atoms with Gasteiger partial charge in [-0.15, -0.1) is 0 Å². The van der Waals surface area contributed by atoms with Gasteiger partial charge >= 0.3 is 0 Å². The van der Waals surface area contributed by atoms with Crippen molar-refractivity contribution < 1.29 is 0 Å². The smallest absolute Gasteiger partial charge is 0.0621 e. The minimum atomic E-state index is -0.179. The third kappa shape index (κ3) is 4.14. The van der Waals surface area contributed by atoms with Crippen LogP contribution >= 0.6 is 0 Å². The highest BCUT2D eigenvalue weighted by atomic mass is 15.1. The molecule has 0 N–H and O–H groups in total. The molecule has 1 nitrogen and oxygen atoms in total. The molecule has 9 aromatic carbocycles. The van der Waals surface area contributed by atoms with Gasteiger partial charge in [-0.05, 0) is 119 Å². The van der Waals surface area contributed by atoms with Crippen LogP contribution in [0.5, 0.6) is 0 Å². The van der Waals surface area contributed by atoms with Gasteiger partial charge in [0.2, 0.25) is 0 Å². The second kappa shape index (κ2) is 10.7. The molecular formula is C52H39N. The van der Waals surface area contributed by atoms with E-state index in [1.165, 1.54) is 93.3 Å². The molecule has 11 rings (SSSR count). The molecule has 0 aliphatic heterocycles. The highest BCUT2D eigenvalue weighted by molar-refractivity contribution is 6.12. The highest BCUT2D eigenvalue weighted by Gasteiger charge is 2.41. The first-order valence-corrected chi connectivity index (χ1v) is 18.9. The number of fused-ring (bicyclic) bond motifs is 12. The molecule has 2 aliphatic rings. The minimum absolute atomic E-state index is 0.122. The van der Waals surface area contributed by atoms with Crippen molar-refractivity contribution in [3.63, 3.8) is 0 Å². The lowest BCUT2D eigenvalue weighted by atomic mass is 9.79. The Morgan fingerprint density at radius 2 is 0.906 bits per heavy atom. The van der Waals surface area contributed by atoms with Crippen molar-refractivity contribution in [3.05, 3.63) is 186 Å². The van der Waals surface area contributed by atoms with Crippen molar-refractivity contribution in [3.8, 4) is 22.3 Å². The Balaban J connectivity index is 1.19. The maximum atomic E-state index is 2.53. The highest BCUT2D eigenvalue weighted by Crippen LogP contribution is 2.58. The number of hydrogen-bond donors (Lipinski definition) is 0. The number of hydrogen-bond acceptors (Lipinski definition) is 1. The van der Waals surface area contributed by atoms with E-state index in [4.69, 9.17) is 0 Å². The van der Waals surface area contributed by atoms with E-state index in [1.807, 2.05) is 0 Å². The van der Waals surface area contributed by atoms with Gasteiger partial charge in [-0.2, -0.15) is 0 Å². The molecule has 0 saturated heterocycles. The molecule has 0 amide bonds. The van der Waals surface area contributed by atoms with Crippen LogP contribution in [0, 0.1) is 0 Å². The second-order valence-corrected chi connectivity index (χ2v) is 16.1. The van der Waals surface area contributed by atoms with E-state index in [9.17, 15) is 0 Å². The van der Waals surface area contributed by atoms with Crippen LogP contribution in [0.15, 0.2) is 164 Å². The number of para-hydroxylation sites is 1. The predicted octanol–water partition coefficient (Wildman–Crippen LogP) is 14.4. The fourth-order valence-corrected chi connectivity index (χ4v) is 10.1. The van der Waals surface area contributed by atoms with Crippen molar-refractivity contribution in [2.75, 3.05) is 4.90 Å². The van der Waals surface area contributed by atoms with Crippen molar-refractivity contribution in [2.45, 2.75) is 38.5 Å². The summed E-state index contributed by atoms with van der Waals surface area (Å²) in [5.74, 6) is 0. The molecular weight excluding hydrogens is 639 g/mol. The third-order valence-electron chi connectivity index (χ3n) is 12.5. The molecule has 0 bridgehead atoms. The normalized spacial score (nSPS) is 14.7. The van der Waals surface area contributed by atoms with Gasteiger partial charge in [0.15, 0.2) is 0 Å². The monoisotopic (exact) mass is 677 g/mol.